The number of nitrogens with one attached hydrogen (secondary N) is 1. The van der Waals surface area contributed by atoms with Crippen LogP contribution in [-0.2, 0) is 12.7 Å². The minimum Gasteiger partial charge on any atom is -0.493 e. The first-order valence-electron chi connectivity index (χ1n) is 9.69. The molecule has 1 N–H and O–H groups in total. The third-order valence-corrected chi connectivity index (χ3v) is 4.59. The number of hydrogen-bond acceptors (Lipinski definition) is 3. The molecule has 2 aromatic rings. The lowest BCUT2D eigenvalue weighted by Crippen LogP contribution is -2.19. The second kappa shape index (κ2) is 9.45. The number of hydrogen-bond donors (Lipinski definition) is 1. The van der Waals surface area contributed by atoms with Crippen LogP contribution in [0.2, 0.25) is 0 Å². The third kappa shape index (κ3) is 5.74. The van der Waals surface area contributed by atoms with E-state index >= 15 is 0 Å². The van der Waals surface area contributed by atoms with Gasteiger partial charge in [-0.05, 0) is 50.6 Å². The molecule has 0 aliphatic carbocycles. The number of aromatic nitrogens is 2. The maximum Gasteiger partial charge on any atom is 0.416 e. The fourth-order valence-corrected chi connectivity index (χ4v) is 3.05. The van der Waals surface area contributed by atoms with Crippen molar-refractivity contribution >= 4 is 0 Å². The number of ether oxygens (including phenoxy) is 1. The highest BCUT2D eigenvalue weighted by molar-refractivity contribution is 5.70. The molecule has 0 fully saturated rings. The van der Waals surface area contributed by atoms with Gasteiger partial charge in [0, 0.05) is 17.7 Å². The maximum absolute atomic E-state index is 13.6. The molecule has 28 heavy (non-hydrogen) atoms. The van der Waals surface area contributed by atoms with Crippen LogP contribution in [0.15, 0.2) is 18.3 Å². The Kier molecular flexibility index (Phi) is 7.52. The van der Waals surface area contributed by atoms with Gasteiger partial charge in [0.25, 0.3) is 0 Å². The molecule has 2 rings (SSSR count). The van der Waals surface area contributed by atoms with E-state index in [9.17, 15) is 13.2 Å². The van der Waals surface area contributed by atoms with E-state index < -0.39 is 11.7 Å². The van der Waals surface area contributed by atoms with Gasteiger partial charge in [0.1, 0.15) is 5.75 Å². The number of benzene rings is 1. The molecular formula is C21H30F3N3O. The number of rotatable bonds is 9. The van der Waals surface area contributed by atoms with Gasteiger partial charge in [-0.2, -0.15) is 18.3 Å². The summed E-state index contributed by atoms with van der Waals surface area (Å²) in [6.45, 7) is 9.43. The molecule has 0 saturated carbocycles. The molecule has 1 heterocycles. The Morgan fingerprint density at radius 3 is 2.57 bits per heavy atom. The summed E-state index contributed by atoms with van der Waals surface area (Å²) in [7, 11) is 2.00. The third-order valence-electron chi connectivity index (χ3n) is 4.59. The summed E-state index contributed by atoms with van der Waals surface area (Å²) < 4.78 is 46.5. The Labute approximate surface area is 165 Å². The number of halogens is 3. The van der Waals surface area contributed by atoms with Gasteiger partial charge in [-0.1, -0.05) is 27.2 Å². The van der Waals surface area contributed by atoms with Gasteiger partial charge in [-0.15, -0.1) is 0 Å². The van der Waals surface area contributed by atoms with Crippen molar-refractivity contribution in [2.45, 2.75) is 53.3 Å². The first-order chi connectivity index (χ1) is 13.1. The van der Waals surface area contributed by atoms with Crippen LogP contribution in [0.25, 0.3) is 11.3 Å². The molecule has 0 bridgehead atoms. The van der Waals surface area contributed by atoms with E-state index in [0.717, 1.165) is 31.0 Å². The number of alkyl halides is 3. The molecule has 0 spiro atoms. The van der Waals surface area contributed by atoms with Gasteiger partial charge in [0.2, 0.25) is 0 Å². The largest absolute Gasteiger partial charge is 0.493 e. The van der Waals surface area contributed by atoms with Crippen LogP contribution in [0, 0.1) is 12.8 Å². The van der Waals surface area contributed by atoms with E-state index in [4.69, 9.17) is 4.74 Å². The Bertz CT molecular complexity index is 769. The Balaban J connectivity index is 2.44. The van der Waals surface area contributed by atoms with Gasteiger partial charge in [0.15, 0.2) is 0 Å². The Hall–Kier alpha value is -2.02. The van der Waals surface area contributed by atoms with Crippen molar-refractivity contribution in [3.8, 4) is 17.0 Å². The van der Waals surface area contributed by atoms with Gasteiger partial charge < -0.3 is 9.64 Å². The SMILES string of the molecule is CCCCN(C)Cc1cn[nH]c1-c1cc(OCC(C)C)cc(C(F)(F)F)c1C. The topological polar surface area (TPSA) is 41.2 Å². The van der Waals surface area contributed by atoms with Crippen LogP contribution in [-0.4, -0.2) is 35.3 Å². The second-order valence-electron chi connectivity index (χ2n) is 7.71. The molecule has 156 valence electrons. The van der Waals surface area contributed by atoms with Crippen molar-refractivity contribution in [3.05, 3.63) is 35.0 Å². The maximum atomic E-state index is 13.6. The smallest absolute Gasteiger partial charge is 0.416 e. The van der Waals surface area contributed by atoms with Gasteiger partial charge >= 0.3 is 6.18 Å². The van der Waals surface area contributed by atoms with E-state index in [1.807, 2.05) is 20.9 Å². The van der Waals surface area contributed by atoms with Crippen LogP contribution in [0.3, 0.4) is 0 Å². The first-order valence-corrected chi connectivity index (χ1v) is 9.69. The van der Waals surface area contributed by atoms with Crippen molar-refractivity contribution in [1.82, 2.24) is 15.1 Å². The number of nitrogens with zero attached hydrogens (tertiary/aromatic N) is 2. The van der Waals surface area contributed by atoms with Crippen molar-refractivity contribution in [3.63, 3.8) is 0 Å². The normalized spacial score (nSPS) is 12.2. The molecular weight excluding hydrogens is 367 g/mol. The van der Waals surface area contributed by atoms with Crippen LogP contribution in [0.4, 0.5) is 13.2 Å². The summed E-state index contributed by atoms with van der Waals surface area (Å²) in [6, 6.07) is 2.76. The van der Waals surface area contributed by atoms with Crippen LogP contribution >= 0.6 is 0 Å². The van der Waals surface area contributed by atoms with Crippen LogP contribution in [0.5, 0.6) is 5.75 Å². The lowest BCUT2D eigenvalue weighted by molar-refractivity contribution is -0.138. The predicted molar refractivity (Wildman–Crippen MR) is 105 cm³/mol. The molecule has 0 unspecified atom stereocenters. The molecule has 0 saturated heterocycles. The lowest BCUT2D eigenvalue weighted by atomic mass is 9.97. The monoisotopic (exact) mass is 397 g/mol. The Morgan fingerprint density at radius 2 is 1.96 bits per heavy atom. The summed E-state index contributed by atoms with van der Waals surface area (Å²) in [6.07, 6.45) is -0.606. The zero-order valence-corrected chi connectivity index (χ0v) is 17.3. The predicted octanol–water partition coefficient (Wildman–Crippen LogP) is 5.67. The number of H-pyrrole nitrogens is 1. The molecule has 0 amide bonds. The highest BCUT2D eigenvalue weighted by Crippen LogP contribution is 2.39. The number of unbranched alkanes of at least 4 members (excludes halogenated alkanes) is 1. The number of aromatic amines is 1. The average molecular weight is 397 g/mol. The van der Waals surface area contributed by atoms with Crippen molar-refractivity contribution in [2.75, 3.05) is 20.2 Å². The van der Waals surface area contributed by atoms with Crippen LogP contribution in [0.1, 0.15) is 50.3 Å². The summed E-state index contributed by atoms with van der Waals surface area (Å²) in [5.74, 6) is 0.440. The van der Waals surface area contributed by atoms with E-state index in [1.54, 1.807) is 12.3 Å². The minimum atomic E-state index is -4.45. The molecule has 1 aromatic heterocycles. The highest BCUT2D eigenvalue weighted by Gasteiger charge is 2.34. The van der Waals surface area contributed by atoms with E-state index in [0.29, 0.717) is 24.4 Å². The fraction of sp³-hybridized carbons (Fsp3) is 0.571. The average Bonchev–Trinajstić information content (AvgIpc) is 3.05. The highest BCUT2D eigenvalue weighted by atomic mass is 19.4. The van der Waals surface area contributed by atoms with E-state index in [-0.39, 0.29) is 17.2 Å². The zero-order chi connectivity index (χ0) is 20.9. The molecule has 0 atom stereocenters. The first kappa shape index (κ1) is 22.3. The summed E-state index contributed by atoms with van der Waals surface area (Å²) in [5, 5.41) is 6.99. The van der Waals surface area contributed by atoms with Crippen molar-refractivity contribution < 1.29 is 17.9 Å². The Morgan fingerprint density at radius 1 is 1.25 bits per heavy atom. The zero-order valence-electron chi connectivity index (χ0n) is 17.3. The molecule has 1 aromatic carbocycles. The van der Waals surface area contributed by atoms with Crippen LogP contribution < -0.4 is 4.74 Å². The molecule has 0 aliphatic heterocycles. The van der Waals surface area contributed by atoms with Crippen molar-refractivity contribution in [1.29, 1.82) is 0 Å². The van der Waals surface area contributed by atoms with Gasteiger partial charge in [-0.25, -0.2) is 0 Å². The lowest BCUT2D eigenvalue weighted by Gasteiger charge is -2.19. The van der Waals surface area contributed by atoms with Crippen molar-refractivity contribution in [2.24, 2.45) is 5.92 Å². The minimum absolute atomic E-state index is 0.172. The molecule has 4 nitrogen and oxygen atoms in total. The fourth-order valence-electron chi connectivity index (χ4n) is 3.05. The quantitative estimate of drug-likeness (QED) is 0.593. The van der Waals surface area contributed by atoms with Gasteiger partial charge in [-0.3, -0.25) is 5.10 Å². The summed E-state index contributed by atoms with van der Waals surface area (Å²) in [4.78, 5) is 2.15. The summed E-state index contributed by atoms with van der Waals surface area (Å²) in [5.41, 5.74) is 1.46. The molecule has 0 aliphatic rings. The molecule has 0 radical (unpaired) electrons. The van der Waals surface area contributed by atoms with E-state index in [2.05, 4.69) is 22.0 Å². The van der Waals surface area contributed by atoms with Gasteiger partial charge in [0.05, 0.1) is 24.1 Å². The standard InChI is InChI=1S/C21H30F3N3O/c1-6-7-8-27(5)12-16-11-25-26-20(16)18-9-17(28-13-14(2)3)10-19(15(18)4)21(22,23)24/h9-11,14H,6-8,12-13H2,1-5H3,(H,25,26). The van der Waals surface area contributed by atoms with E-state index in [1.165, 1.54) is 6.92 Å². The molecule has 7 heteroatoms. The second-order valence-corrected chi connectivity index (χ2v) is 7.71. The summed E-state index contributed by atoms with van der Waals surface area (Å²) >= 11 is 0.